The van der Waals surface area contributed by atoms with Crippen LogP contribution in [0.25, 0.3) is 0 Å². The molecular formula is C18H23F2N5O2. The van der Waals surface area contributed by atoms with E-state index < -0.39 is 12.5 Å². The van der Waals surface area contributed by atoms with E-state index in [0.29, 0.717) is 35.6 Å². The second kappa shape index (κ2) is 7.50. The first-order valence-electron chi connectivity index (χ1n) is 8.86. The van der Waals surface area contributed by atoms with Gasteiger partial charge in [-0.05, 0) is 25.1 Å². The number of hydrogen-bond acceptors (Lipinski definition) is 3. The molecule has 0 fully saturated rings. The van der Waals surface area contributed by atoms with Gasteiger partial charge in [-0.25, -0.2) is 0 Å². The Bertz CT molecular complexity index is 856. The molecule has 0 saturated heterocycles. The Morgan fingerprint density at radius 2 is 2.00 bits per heavy atom. The van der Waals surface area contributed by atoms with Crippen molar-refractivity contribution in [2.24, 2.45) is 5.92 Å². The van der Waals surface area contributed by atoms with Crippen LogP contribution >= 0.6 is 0 Å². The highest BCUT2D eigenvalue weighted by molar-refractivity contribution is 5.92. The highest BCUT2D eigenvalue weighted by atomic mass is 19.3. The number of rotatable bonds is 5. The number of halogens is 2. The molecule has 7 nitrogen and oxygen atoms in total. The standard InChI is InChI=1S/C18H23F2N5O2/c1-11(2)17(27)23-6-7-24-14(10-23)8-13(22-24)9-21-16(26)15-5-4-12(3)25(15)18(19)20/h4-5,8,11,18H,6-7,9-10H2,1-3H3,(H,21,26). The number of nitrogens with zero attached hydrogens (tertiary/aromatic N) is 4. The van der Waals surface area contributed by atoms with Gasteiger partial charge in [0, 0.05) is 18.2 Å². The fourth-order valence-corrected chi connectivity index (χ4v) is 3.22. The molecule has 0 bridgehead atoms. The molecule has 1 aliphatic heterocycles. The molecule has 2 amide bonds. The van der Waals surface area contributed by atoms with Crippen LogP contribution in [0.1, 0.15) is 48.0 Å². The minimum Gasteiger partial charge on any atom is -0.345 e. The predicted molar refractivity (Wildman–Crippen MR) is 94.1 cm³/mol. The molecule has 27 heavy (non-hydrogen) atoms. The van der Waals surface area contributed by atoms with Gasteiger partial charge in [0.05, 0.1) is 31.0 Å². The first-order valence-corrected chi connectivity index (χ1v) is 8.86. The van der Waals surface area contributed by atoms with Gasteiger partial charge in [0.1, 0.15) is 5.69 Å². The molecule has 3 rings (SSSR count). The summed E-state index contributed by atoms with van der Waals surface area (Å²) in [5.74, 6) is -0.542. The van der Waals surface area contributed by atoms with Crippen LogP contribution in [0.5, 0.6) is 0 Å². The Morgan fingerprint density at radius 1 is 1.26 bits per heavy atom. The fraction of sp³-hybridized carbons (Fsp3) is 0.500. The molecule has 0 aromatic carbocycles. The van der Waals surface area contributed by atoms with E-state index >= 15 is 0 Å². The Balaban J connectivity index is 1.65. The molecular weight excluding hydrogens is 356 g/mol. The topological polar surface area (TPSA) is 72.2 Å². The number of aromatic nitrogens is 3. The third-order valence-corrected chi connectivity index (χ3v) is 4.63. The van der Waals surface area contributed by atoms with E-state index in [9.17, 15) is 18.4 Å². The van der Waals surface area contributed by atoms with Gasteiger partial charge in [-0.3, -0.25) is 18.8 Å². The van der Waals surface area contributed by atoms with Crippen molar-refractivity contribution < 1.29 is 18.4 Å². The number of fused-ring (bicyclic) bond motifs is 1. The van der Waals surface area contributed by atoms with Crippen LogP contribution in [0.3, 0.4) is 0 Å². The minimum atomic E-state index is -2.77. The van der Waals surface area contributed by atoms with Crippen LogP contribution < -0.4 is 5.32 Å². The lowest BCUT2D eigenvalue weighted by Crippen LogP contribution is -2.40. The van der Waals surface area contributed by atoms with Crippen LogP contribution in [-0.2, 0) is 24.4 Å². The first-order chi connectivity index (χ1) is 12.8. The molecule has 0 unspecified atom stereocenters. The smallest absolute Gasteiger partial charge is 0.319 e. The van der Waals surface area contributed by atoms with E-state index in [4.69, 9.17) is 0 Å². The summed E-state index contributed by atoms with van der Waals surface area (Å²) in [6, 6.07) is 4.69. The minimum absolute atomic E-state index is 0.0623. The number of amides is 2. The van der Waals surface area contributed by atoms with Crippen molar-refractivity contribution in [2.75, 3.05) is 6.54 Å². The van der Waals surface area contributed by atoms with Gasteiger partial charge in [-0.1, -0.05) is 13.8 Å². The van der Waals surface area contributed by atoms with Gasteiger partial charge in [0.2, 0.25) is 5.91 Å². The normalized spacial score (nSPS) is 14.0. The molecule has 2 aromatic heterocycles. The zero-order chi connectivity index (χ0) is 19.7. The van der Waals surface area contributed by atoms with Crippen LogP contribution in [0.2, 0.25) is 0 Å². The highest BCUT2D eigenvalue weighted by Crippen LogP contribution is 2.19. The average molecular weight is 379 g/mol. The summed E-state index contributed by atoms with van der Waals surface area (Å²) < 4.78 is 28.7. The summed E-state index contributed by atoms with van der Waals surface area (Å²) in [6.07, 6.45) is 0. The summed E-state index contributed by atoms with van der Waals surface area (Å²) in [5, 5.41) is 7.06. The molecule has 0 radical (unpaired) electrons. The maximum absolute atomic E-state index is 13.1. The summed E-state index contributed by atoms with van der Waals surface area (Å²) in [7, 11) is 0. The van der Waals surface area contributed by atoms with Crippen LogP contribution in [0, 0.1) is 12.8 Å². The zero-order valence-electron chi connectivity index (χ0n) is 15.6. The van der Waals surface area contributed by atoms with Crippen molar-refractivity contribution in [2.45, 2.75) is 47.0 Å². The molecule has 146 valence electrons. The van der Waals surface area contributed by atoms with Crippen LogP contribution in [0.4, 0.5) is 8.78 Å². The third-order valence-electron chi connectivity index (χ3n) is 4.63. The van der Waals surface area contributed by atoms with E-state index in [0.717, 1.165) is 5.69 Å². The van der Waals surface area contributed by atoms with Crippen molar-refractivity contribution in [1.29, 1.82) is 0 Å². The van der Waals surface area contributed by atoms with E-state index in [1.165, 1.54) is 19.1 Å². The predicted octanol–water partition coefficient (Wildman–Crippen LogP) is 2.32. The fourth-order valence-electron chi connectivity index (χ4n) is 3.22. The highest BCUT2D eigenvalue weighted by Gasteiger charge is 2.24. The zero-order valence-corrected chi connectivity index (χ0v) is 15.6. The molecule has 0 saturated carbocycles. The second-order valence-electron chi connectivity index (χ2n) is 6.95. The van der Waals surface area contributed by atoms with Crippen LogP contribution in [-0.4, -0.2) is 37.6 Å². The van der Waals surface area contributed by atoms with E-state index in [1.54, 1.807) is 4.90 Å². The van der Waals surface area contributed by atoms with Crippen LogP contribution in [0.15, 0.2) is 18.2 Å². The Kier molecular flexibility index (Phi) is 5.29. The lowest BCUT2D eigenvalue weighted by molar-refractivity contribution is -0.136. The molecule has 1 aliphatic rings. The van der Waals surface area contributed by atoms with Gasteiger partial charge in [0.15, 0.2) is 0 Å². The number of carbonyl (C=O) groups is 2. The number of aryl methyl sites for hydroxylation is 1. The van der Waals surface area contributed by atoms with E-state index in [-0.39, 0.29) is 24.1 Å². The van der Waals surface area contributed by atoms with Gasteiger partial charge in [-0.15, -0.1) is 0 Å². The SMILES string of the molecule is Cc1ccc(C(=O)NCc2cc3n(n2)CCN(C(=O)C(C)C)C3)n1C(F)F. The van der Waals surface area contributed by atoms with E-state index in [1.807, 2.05) is 24.6 Å². The van der Waals surface area contributed by atoms with Crippen molar-refractivity contribution in [1.82, 2.24) is 24.6 Å². The first kappa shape index (κ1) is 19.1. The van der Waals surface area contributed by atoms with Crippen molar-refractivity contribution in [3.63, 3.8) is 0 Å². The third kappa shape index (κ3) is 3.86. The largest absolute Gasteiger partial charge is 0.345 e. The Hall–Kier alpha value is -2.71. The van der Waals surface area contributed by atoms with Crippen molar-refractivity contribution in [3.05, 3.63) is 41.0 Å². The van der Waals surface area contributed by atoms with Gasteiger partial charge in [-0.2, -0.15) is 13.9 Å². The second-order valence-corrected chi connectivity index (χ2v) is 6.95. The number of alkyl halides is 2. The number of carbonyl (C=O) groups excluding carboxylic acids is 2. The Labute approximate surface area is 155 Å². The summed E-state index contributed by atoms with van der Waals surface area (Å²) in [6.45, 7) is 4.28. The maximum atomic E-state index is 13.1. The summed E-state index contributed by atoms with van der Waals surface area (Å²) in [5.41, 5.74) is 1.76. The van der Waals surface area contributed by atoms with Gasteiger partial charge < -0.3 is 10.2 Å². The molecule has 2 aromatic rings. The lowest BCUT2D eigenvalue weighted by Gasteiger charge is -2.29. The van der Waals surface area contributed by atoms with Crippen molar-refractivity contribution in [3.8, 4) is 0 Å². The van der Waals surface area contributed by atoms with Gasteiger partial charge >= 0.3 is 6.55 Å². The maximum Gasteiger partial charge on any atom is 0.319 e. The number of nitrogens with one attached hydrogen (secondary N) is 1. The monoisotopic (exact) mass is 379 g/mol. The van der Waals surface area contributed by atoms with Gasteiger partial charge in [0.25, 0.3) is 5.91 Å². The quantitative estimate of drug-likeness (QED) is 0.867. The molecule has 1 N–H and O–H groups in total. The number of hydrogen-bond donors (Lipinski definition) is 1. The lowest BCUT2D eigenvalue weighted by atomic mass is 10.1. The molecule has 0 spiro atoms. The summed E-state index contributed by atoms with van der Waals surface area (Å²) in [4.78, 5) is 26.2. The van der Waals surface area contributed by atoms with Crippen molar-refractivity contribution >= 4 is 11.8 Å². The summed E-state index contributed by atoms with van der Waals surface area (Å²) >= 11 is 0. The van der Waals surface area contributed by atoms with E-state index in [2.05, 4.69) is 10.4 Å². The average Bonchev–Trinajstić information content (AvgIpc) is 3.21. The molecule has 9 heteroatoms. The molecule has 3 heterocycles. The molecule has 0 atom stereocenters. The molecule has 0 aliphatic carbocycles. The Morgan fingerprint density at radius 3 is 2.67 bits per heavy atom.